The fraction of sp³-hybridized carbons (Fsp3) is 0.200. The number of aryl methyl sites for hydroxylation is 1. The van der Waals surface area contributed by atoms with Crippen molar-refractivity contribution >= 4 is 23.6 Å². The minimum Gasteiger partial charge on any atom is -0.449 e. The predicted octanol–water partition coefficient (Wildman–Crippen LogP) is 4.60. The van der Waals surface area contributed by atoms with Gasteiger partial charge in [-0.05, 0) is 55.3 Å². The maximum absolute atomic E-state index is 12.5. The molecule has 0 aliphatic rings. The van der Waals surface area contributed by atoms with Crippen LogP contribution < -0.4 is 5.32 Å². The first-order valence-corrected chi connectivity index (χ1v) is 8.08. The largest absolute Gasteiger partial charge is 0.449 e. The Bertz CT molecular complexity index is 842. The van der Waals surface area contributed by atoms with Gasteiger partial charge in [0.15, 0.2) is 6.10 Å². The molecule has 0 aromatic heterocycles. The molecule has 2 aromatic rings. The zero-order valence-electron chi connectivity index (χ0n) is 14.7. The Hall–Kier alpha value is -3.09. The molecule has 0 aliphatic carbocycles. The summed E-state index contributed by atoms with van der Waals surface area (Å²) in [6, 6.07) is 11.5. The third-order valence-electron chi connectivity index (χ3n) is 3.60. The Morgan fingerprint density at radius 3 is 2.37 bits per heavy atom. The van der Waals surface area contributed by atoms with Crippen LogP contribution in [-0.4, -0.2) is 18.0 Å². The van der Waals surface area contributed by atoms with Crippen molar-refractivity contribution in [2.24, 2.45) is 0 Å². The van der Waals surface area contributed by atoms with Crippen molar-refractivity contribution in [3.05, 3.63) is 71.3 Å². The average molecular weight is 377 g/mol. The van der Waals surface area contributed by atoms with E-state index in [-0.39, 0.29) is 0 Å². The first kappa shape index (κ1) is 20.2. The molecule has 27 heavy (non-hydrogen) atoms. The number of ether oxygens (including phenoxy) is 1. The van der Waals surface area contributed by atoms with Crippen molar-refractivity contribution < 1.29 is 27.5 Å². The van der Waals surface area contributed by atoms with Gasteiger partial charge in [-0.1, -0.05) is 24.3 Å². The lowest BCUT2D eigenvalue weighted by molar-refractivity contribution is -0.148. The summed E-state index contributed by atoms with van der Waals surface area (Å²) < 4.78 is 42.5. The van der Waals surface area contributed by atoms with Gasteiger partial charge in [0.05, 0.1) is 5.56 Å². The SMILES string of the molecule is Cc1cccc(NC(=O)[C@@H](C)OC(=O)/C=C/c2ccc(C(F)(F)F)cc2)c1. The van der Waals surface area contributed by atoms with E-state index in [1.54, 1.807) is 18.2 Å². The molecule has 142 valence electrons. The first-order chi connectivity index (χ1) is 12.6. The number of hydrogen-bond acceptors (Lipinski definition) is 3. The van der Waals surface area contributed by atoms with Crippen LogP contribution in [0.5, 0.6) is 0 Å². The Balaban J connectivity index is 1.90. The molecule has 0 saturated heterocycles. The highest BCUT2D eigenvalue weighted by molar-refractivity contribution is 5.96. The van der Waals surface area contributed by atoms with E-state index in [4.69, 9.17) is 4.74 Å². The Morgan fingerprint density at radius 2 is 1.78 bits per heavy atom. The van der Waals surface area contributed by atoms with E-state index in [9.17, 15) is 22.8 Å². The maximum atomic E-state index is 12.5. The molecule has 4 nitrogen and oxygen atoms in total. The van der Waals surface area contributed by atoms with E-state index in [2.05, 4.69) is 5.32 Å². The lowest BCUT2D eigenvalue weighted by atomic mass is 10.1. The number of rotatable bonds is 5. The van der Waals surface area contributed by atoms with Crippen molar-refractivity contribution in [1.29, 1.82) is 0 Å². The molecule has 0 bridgehead atoms. The molecule has 0 heterocycles. The van der Waals surface area contributed by atoms with Gasteiger partial charge in [-0.25, -0.2) is 4.79 Å². The van der Waals surface area contributed by atoms with Gasteiger partial charge in [0, 0.05) is 11.8 Å². The normalized spacial score (nSPS) is 12.6. The molecule has 1 N–H and O–H groups in total. The molecule has 7 heteroatoms. The number of amides is 1. The Kier molecular flexibility index (Phi) is 6.39. The second-order valence-electron chi connectivity index (χ2n) is 5.89. The number of carbonyl (C=O) groups excluding carboxylic acids is 2. The summed E-state index contributed by atoms with van der Waals surface area (Å²) in [7, 11) is 0. The fourth-order valence-corrected chi connectivity index (χ4v) is 2.18. The van der Waals surface area contributed by atoms with Gasteiger partial charge in [0.1, 0.15) is 0 Å². The minimum absolute atomic E-state index is 0.400. The van der Waals surface area contributed by atoms with Crippen LogP contribution in [0.25, 0.3) is 6.08 Å². The van der Waals surface area contributed by atoms with Crippen LogP contribution in [0.2, 0.25) is 0 Å². The summed E-state index contributed by atoms with van der Waals surface area (Å²) in [5, 5.41) is 2.64. The second kappa shape index (κ2) is 8.53. The van der Waals surface area contributed by atoms with Crippen molar-refractivity contribution in [3.8, 4) is 0 Å². The summed E-state index contributed by atoms with van der Waals surface area (Å²) in [5.41, 5.74) is 1.18. The molecule has 1 atom stereocenters. The summed E-state index contributed by atoms with van der Waals surface area (Å²) in [6.45, 7) is 3.31. The van der Waals surface area contributed by atoms with Crippen molar-refractivity contribution in [2.75, 3.05) is 5.32 Å². The number of esters is 1. The number of benzene rings is 2. The lowest BCUT2D eigenvalue weighted by Crippen LogP contribution is -2.29. The summed E-state index contributed by atoms with van der Waals surface area (Å²) >= 11 is 0. The van der Waals surface area contributed by atoms with E-state index >= 15 is 0 Å². The zero-order chi connectivity index (χ0) is 20.0. The number of nitrogens with one attached hydrogen (secondary N) is 1. The highest BCUT2D eigenvalue weighted by Gasteiger charge is 2.29. The van der Waals surface area contributed by atoms with Crippen molar-refractivity contribution in [2.45, 2.75) is 26.1 Å². The lowest BCUT2D eigenvalue weighted by Gasteiger charge is -2.12. The molecule has 0 radical (unpaired) electrons. The molecule has 0 saturated carbocycles. The third kappa shape index (κ3) is 6.29. The van der Waals surface area contributed by atoms with Gasteiger partial charge >= 0.3 is 12.1 Å². The van der Waals surface area contributed by atoms with Gasteiger partial charge in [-0.2, -0.15) is 13.2 Å². The highest BCUT2D eigenvalue weighted by Crippen LogP contribution is 2.29. The Labute approximate surface area is 154 Å². The first-order valence-electron chi connectivity index (χ1n) is 8.08. The number of anilines is 1. The van der Waals surface area contributed by atoms with Crippen LogP contribution in [0.4, 0.5) is 18.9 Å². The molecule has 0 fully saturated rings. The number of halogens is 3. The van der Waals surface area contributed by atoms with E-state index in [0.717, 1.165) is 23.8 Å². The van der Waals surface area contributed by atoms with E-state index in [1.165, 1.54) is 25.1 Å². The molecule has 2 aromatic carbocycles. The number of carbonyl (C=O) groups is 2. The zero-order valence-corrected chi connectivity index (χ0v) is 14.7. The Morgan fingerprint density at radius 1 is 1.11 bits per heavy atom. The van der Waals surface area contributed by atoms with E-state index in [1.807, 2.05) is 13.0 Å². The molecule has 2 rings (SSSR count). The van der Waals surface area contributed by atoms with Crippen LogP contribution in [-0.2, 0) is 20.5 Å². The molecular weight excluding hydrogens is 359 g/mol. The topological polar surface area (TPSA) is 55.4 Å². The molecular formula is C20H18F3NO3. The third-order valence-corrected chi connectivity index (χ3v) is 3.60. The second-order valence-corrected chi connectivity index (χ2v) is 5.89. The van der Waals surface area contributed by atoms with Crippen LogP contribution in [0.15, 0.2) is 54.6 Å². The predicted molar refractivity (Wildman–Crippen MR) is 95.8 cm³/mol. The number of hydrogen-bond donors (Lipinski definition) is 1. The van der Waals surface area contributed by atoms with E-state index in [0.29, 0.717) is 11.3 Å². The highest BCUT2D eigenvalue weighted by atomic mass is 19.4. The van der Waals surface area contributed by atoms with Gasteiger partial charge in [-0.15, -0.1) is 0 Å². The molecule has 0 unspecified atom stereocenters. The smallest absolute Gasteiger partial charge is 0.416 e. The maximum Gasteiger partial charge on any atom is 0.416 e. The average Bonchev–Trinajstić information content (AvgIpc) is 2.59. The van der Waals surface area contributed by atoms with Crippen molar-refractivity contribution in [1.82, 2.24) is 0 Å². The minimum atomic E-state index is -4.42. The standard InChI is InChI=1S/C20H18F3NO3/c1-13-4-3-5-17(12-13)24-19(26)14(2)27-18(25)11-8-15-6-9-16(10-7-15)20(21,22)23/h3-12,14H,1-2H3,(H,24,26)/b11-8+/t14-/m1/s1. The quantitative estimate of drug-likeness (QED) is 0.612. The van der Waals surface area contributed by atoms with Gasteiger partial charge < -0.3 is 10.1 Å². The molecule has 0 aliphatic heterocycles. The number of alkyl halides is 3. The summed E-state index contributed by atoms with van der Waals surface area (Å²) in [6.07, 6.45) is -3.08. The fourth-order valence-electron chi connectivity index (χ4n) is 2.18. The van der Waals surface area contributed by atoms with Crippen LogP contribution >= 0.6 is 0 Å². The van der Waals surface area contributed by atoms with Crippen LogP contribution in [0, 0.1) is 6.92 Å². The van der Waals surface area contributed by atoms with Crippen LogP contribution in [0.1, 0.15) is 23.6 Å². The molecule has 1 amide bonds. The van der Waals surface area contributed by atoms with E-state index < -0.39 is 29.7 Å². The summed E-state index contributed by atoms with van der Waals surface area (Å²) in [4.78, 5) is 23.8. The van der Waals surface area contributed by atoms with Gasteiger partial charge in [-0.3, -0.25) is 4.79 Å². The monoisotopic (exact) mass is 377 g/mol. The van der Waals surface area contributed by atoms with Crippen LogP contribution in [0.3, 0.4) is 0 Å². The van der Waals surface area contributed by atoms with Gasteiger partial charge in [0.2, 0.25) is 0 Å². The van der Waals surface area contributed by atoms with Gasteiger partial charge in [0.25, 0.3) is 5.91 Å². The molecule has 0 spiro atoms. The summed E-state index contributed by atoms with van der Waals surface area (Å²) in [5.74, 6) is -1.27. The van der Waals surface area contributed by atoms with Crippen molar-refractivity contribution in [3.63, 3.8) is 0 Å².